The minimum absolute atomic E-state index is 0.0443. The van der Waals surface area contributed by atoms with Gasteiger partial charge in [0, 0.05) is 31.6 Å². The highest BCUT2D eigenvalue weighted by Crippen LogP contribution is 2.21. The van der Waals surface area contributed by atoms with Crippen molar-refractivity contribution in [2.75, 3.05) is 6.54 Å². The van der Waals surface area contributed by atoms with E-state index in [1.54, 1.807) is 0 Å². The topological polar surface area (TPSA) is 76.2 Å². The van der Waals surface area contributed by atoms with Gasteiger partial charge in [-0.25, -0.2) is 0 Å². The molecule has 2 aromatic heterocycles. The molecule has 7 heteroatoms. The van der Waals surface area contributed by atoms with Gasteiger partial charge < -0.3 is 9.84 Å². The quantitative estimate of drug-likeness (QED) is 0.762. The van der Waals surface area contributed by atoms with Crippen LogP contribution in [0.4, 0.5) is 0 Å². The molecule has 0 aliphatic carbocycles. The fourth-order valence-electron chi connectivity index (χ4n) is 3.17. The highest BCUT2D eigenvalue weighted by molar-refractivity contribution is 5.72. The van der Waals surface area contributed by atoms with Gasteiger partial charge >= 0.3 is 0 Å². The number of benzene rings is 1. The van der Waals surface area contributed by atoms with Gasteiger partial charge in [0.05, 0.1) is 31.0 Å². The number of nitrogens with one attached hydrogen (secondary N) is 1. The van der Waals surface area contributed by atoms with Crippen LogP contribution in [-0.2, 0) is 31.0 Å². The van der Waals surface area contributed by atoms with E-state index in [0.717, 1.165) is 48.0 Å². The number of carbonyl (C=O) groups excluding carboxylic acids is 1. The van der Waals surface area contributed by atoms with Crippen molar-refractivity contribution in [3.05, 3.63) is 59.6 Å². The van der Waals surface area contributed by atoms with Crippen LogP contribution in [0.5, 0.6) is 0 Å². The van der Waals surface area contributed by atoms with Crippen LogP contribution in [0.3, 0.4) is 0 Å². The summed E-state index contributed by atoms with van der Waals surface area (Å²) in [6.07, 6.45) is 0. The molecular weight excluding hydrogens is 330 g/mol. The van der Waals surface area contributed by atoms with Gasteiger partial charge in [-0.3, -0.25) is 14.4 Å². The summed E-state index contributed by atoms with van der Waals surface area (Å²) < 4.78 is 7.54. The first kappa shape index (κ1) is 16.5. The Bertz CT molecular complexity index is 900. The van der Waals surface area contributed by atoms with E-state index in [2.05, 4.69) is 26.5 Å². The van der Waals surface area contributed by atoms with Crippen LogP contribution in [0.1, 0.15) is 24.1 Å². The second-order valence-corrected chi connectivity index (χ2v) is 6.52. The van der Waals surface area contributed by atoms with E-state index < -0.39 is 0 Å². The van der Waals surface area contributed by atoms with Gasteiger partial charge in [-0.1, -0.05) is 35.5 Å². The van der Waals surface area contributed by atoms with Crippen molar-refractivity contribution >= 4 is 5.91 Å². The molecule has 1 aliphatic heterocycles. The predicted octanol–water partition coefficient (Wildman–Crippen LogP) is 2.19. The van der Waals surface area contributed by atoms with E-state index in [-0.39, 0.29) is 5.91 Å². The SMILES string of the molecule is CC(=O)NCc1cc2n(n1)CCN(Cc1cc(-c3ccccc3)no1)C2. The van der Waals surface area contributed by atoms with Crippen molar-refractivity contribution in [2.24, 2.45) is 0 Å². The van der Waals surface area contributed by atoms with Crippen LogP contribution >= 0.6 is 0 Å². The number of amides is 1. The summed E-state index contributed by atoms with van der Waals surface area (Å²) >= 11 is 0. The van der Waals surface area contributed by atoms with Gasteiger partial charge in [-0.05, 0) is 6.07 Å². The average molecular weight is 351 g/mol. The summed E-state index contributed by atoms with van der Waals surface area (Å²) in [5, 5.41) is 11.5. The van der Waals surface area contributed by atoms with Gasteiger partial charge in [0.1, 0.15) is 5.69 Å². The van der Waals surface area contributed by atoms with Crippen molar-refractivity contribution in [3.63, 3.8) is 0 Å². The maximum absolute atomic E-state index is 11.0. The molecule has 0 fully saturated rings. The van der Waals surface area contributed by atoms with Crippen molar-refractivity contribution < 1.29 is 9.32 Å². The van der Waals surface area contributed by atoms with Crippen LogP contribution in [0.25, 0.3) is 11.3 Å². The molecular formula is C19H21N5O2. The van der Waals surface area contributed by atoms with Gasteiger partial charge in [-0.2, -0.15) is 5.10 Å². The molecule has 134 valence electrons. The smallest absolute Gasteiger partial charge is 0.217 e. The second kappa shape index (κ2) is 7.13. The number of aromatic nitrogens is 3. The first-order valence-electron chi connectivity index (χ1n) is 8.71. The lowest BCUT2D eigenvalue weighted by atomic mass is 10.1. The van der Waals surface area contributed by atoms with E-state index in [1.807, 2.05) is 41.1 Å². The first-order chi connectivity index (χ1) is 12.7. The van der Waals surface area contributed by atoms with Crippen molar-refractivity contribution in [3.8, 4) is 11.3 Å². The van der Waals surface area contributed by atoms with Crippen LogP contribution in [-0.4, -0.2) is 32.3 Å². The molecule has 3 aromatic rings. The lowest BCUT2D eigenvalue weighted by molar-refractivity contribution is -0.119. The summed E-state index contributed by atoms with van der Waals surface area (Å²) in [4.78, 5) is 13.4. The van der Waals surface area contributed by atoms with E-state index >= 15 is 0 Å². The van der Waals surface area contributed by atoms with Crippen LogP contribution in [0.15, 0.2) is 47.0 Å². The molecule has 26 heavy (non-hydrogen) atoms. The summed E-state index contributed by atoms with van der Waals surface area (Å²) in [6, 6.07) is 14.1. The molecule has 0 unspecified atom stereocenters. The van der Waals surface area contributed by atoms with Crippen molar-refractivity contribution in [1.29, 1.82) is 0 Å². The average Bonchev–Trinajstić information content (AvgIpc) is 3.27. The monoisotopic (exact) mass is 351 g/mol. The maximum atomic E-state index is 11.0. The molecule has 1 aromatic carbocycles. The molecule has 0 saturated carbocycles. The number of rotatable bonds is 5. The zero-order chi connectivity index (χ0) is 17.9. The molecule has 0 bridgehead atoms. The Morgan fingerprint density at radius 1 is 1.23 bits per heavy atom. The maximum Gasteiger partial charge on any atom is 0.217 e. The van der Waals surface area contributed by atoms with Crippen LogP contribution in [0, 0.1) is 0 Å². The summed E-state index contributed by atoms with van der Waals surface area (Å²) in [7, 11) is 0. The Hall–Kier alpha value is -2.93. The highest BCUT2D eigenvalue weighted by Gasteiger charge is 2.20. The largest absolute Gasteiger partial charge is 0.359 e. The third-order valence-electron chi connectivity index (χ3n) is 4.45. The lowest BCUT2D eigenvalue weighted by Gasteiger charge is -2.26. The standard InChI is InChI=1S/C19H21N5O2/c1-14(25)20-11-16-9-17-12-23(7-8-24(17)21-16)13-18-10-19(22-26-18)15-5-3-2-4-6-15/h2-6,9-10H,7-8,11-13H2,1H3,(H,20,25). The van der Waals surface area contributed by atoms with Crippen molar-refractivity contribution in [1.82, 2.24) is 25.2 Å². The van der Waals surface area contributed by atoms with E-state index in [4.69, 9.17) is 4.52 Å². The minimum Gasteiger partial charge on any atom is -0.359 e. The van der Waals surface area contributed by atoms with Gasteiger partial charge in [-0.15, -0.1) is 0 Å². The molecule has 1 amide bonds. The second-order valence-electron chi connectivity index (χ2n) is 6.52. The number of nitrogens with zero attached hydrogens (tertiary/aromatic N) is 4. The molecule has 0 spiro atoms. The summed E-state index contributed by atoms with van der Waals surface area (Å²) in [5.74, 6) is 0.812. The zero-order valence-corrected chi connectivity index (χ0v) is 14.7. The minimum atomic E-state index is -0.0443. The molecule has 1 N–H and O–H groups in total. The van der Waals surface area contributed by atoms with Crippen molar-refractivity contribution in [2.45, 2.75) is 33.1 Å². The number of hydrogen-bond acceptors (Lipinski definition) is 5. The van der Waals surface area contributed by atoms with Gasteiger partial charge in [0.2, 0.25) is 5.91 Å². The molecule has 0 atom stereocenters. The number of hydrogen-bond donors (Lipinski definition) is 1. The van der Waals surface area contributed by atoms with Gasteiger partial charge in [0.15, 0.2) is 5.76 Å². The molecule has 4 rings (SSSR count). The molecule has 3 heterocycles. The first-order valence-corrected chi connectivity index (χ1v) is 8.71. The Kier molecular flexibility index (Phi) is 4.53. The zero-order valence-electron chi connectivity index (χ0n) is 14.7. The third-order valence-corrected chi connectivity index (χ3v) is 4.45. The fraction of sp³-hybridized carbons (Fsp3) is 0.316. The Balaban J connectivity index is 1.40. The normalized spacial score (nSPS) is 14.2. The Morgan fingerprint density at radius 3 is 2.88 bits per heavy atom. The van der Waals surface area contributed by atoms with E-state index in [1.165, 1.54) is 6.92 Å². The van der Waals surface area contributed by atoms with Crippen LogP contribution < -0.4 is 5.32 Å². The van der Waals surface area contributed by atoms with E-state index in [0.29, 0.717) is 13.1 Å². The number of fused-ring (bicyclic) bond motifs is 1. The molecule has 1 aliphatic rings. The molecule has 0 saturated heterocycles. The predicted molar refractivity (Wildman–Crippen MR) is 95.8 cm³/mol. The van der Waals surface area contributed by atoms with Crippen LogP contribution in [0.2, 0.25) is 0 Å². The fourth-order valence-corrected chi connectivity index (χ4v) is 3.17. The highest BCUT2D eigenvalue weighted by atomic mass is 16.5. The van der Waals surface area contributed by atoms with E-state index in [9.17, 15) is 4.79 Å². The molecule has 0 radical (unpaired) electrons. The Morgan fingerprint density at radius 2 is 2.08 bits per heavy atom. The summed E-state index contributed by atoms with van der Waals surface area (Å²) in [5.41, 5.74) is 3.96. The Labute approximate surface area is 151 Å². The number of carbonyl (C=O) groups is 1. The molecule has 7 nitrogen and oxygen atoms in total. The lowest BCUT2D eigenvalue weighted by Crippen LogP contribution is -2.33. The third kappa shape index (κ3) is 3.67. The summed E-state index contributed by atoms with van der Waals surface area (Å²) in [6.45, 7) is 5.22. The van der Waals surface area contributed by atoms with Gasteiger partial charge in [0.25, 0.3) is 0 Å².